The zero-order valence-electron chi connectivity index (χ0n) is 13.3. The van der Waals surface area contributed by atoms with Crippen LogP contribution in [0.4, 0.5) is 0 Å². The van der Waals surface area contributed by atoms with Gasteiger partial charge in [0, 0.05) is 54.3 Å². The maximum atomic E-state index is 12.4. The SMILES string of the molecule is CCC(CC)C(=O)N1CCN(Cc2c(Cl)cccc2Cl)CC1. The zero-order chi connectivity index (χ0) is 16.1. The van der Waals surface area contributed by atoms with Crippen LogP contribution >= 0.6 is 23.2 Å². The topological polar surface area (TPSA) is 23.6 Å². The van der Waals surface area contributed by atoms with Crippen LogP contribution in [-0.4, -0.2) is 41.9 Å². The number of rotatable bonds is 5. The molecule has 3 nitrogen and oxygen atoms in total. The molecule has 0 saturated carbocycles. The molecule has 0 spiro atoms. The highest BCUT2D eigenvalue weighted by Crippen LogP contribution is 2.26. The fourth-order valence-corrected chi connectivity index (χ4v) is 3.45. The summed E-state index contributed by atoms with van der Waals surface area (Å²) in [6, 6.07) is 5.60. The van der Waals surface area contributed by atoms with Gasteiger partial charge in [0.15, 0.2) is 0 Å². The number of amides is 1. The lowest BCUT2D eigenvalue weighted by Gasteiger charge is -2.36. The normalized spacial score (nSPS) is 16.3. The second kappa shape index (κ2) is 8.19. The molecule has 0 aliphatic carbocycles. The molecule has 1 amide bonds. The van der Waals surface area contributed by atoms with E-state index < -0.39 is 0 Å². The molecule has 22 heavy (non-hydrogen) atoms. The first-order valence-corrected chi connectivity index (χ1v) is 8.76. The quantitative estimate of drug-likeness (QED) is 0.804. The molecule has 1 aromatic carbocycles. The Balaban J connectivity index is 1.91. The molecule has 1 aromatic rings. The van der Waals surface area contributed by atoms with Gasteiger partial charge in [0.05, 0.1) is 0 Å². The number of nitrogens with zero attached hydrogens (tertiary/aromatic N) is 2. The number of hydrogen-bond donors (Lipinski definition) is 0. The van der Waals surface area contributed by atoms with Crippen LogP contribution in [0.2, 0.25) is 10.0 Å². The first-order valence-electron chi connectivity index (χ1n) is 8.00. The second-order valence-electron chi connectivity index (χ2n) is 5.82. The van der Waals surface area contributed by atoms with Crippen LogP contribution in [0.1, 0.15) is 32.3 Å². The van der Waals surface area contributed by atoms with Crippen LogP contribution in [0.3, 0.4) is 0 Å². The summed E-state index contributed by atoms with van der Waals surface area (Å²) in [4.78, 5) is 16.7. The van der Waals surface area contributed by atoms with Crippen LogP contribution in [0.15, 0.2) is 18.2 Å². The Labute approximate surface area is 143 Å². The Morgan fingerprint density at radius 2 is 1.64 bits per heavy atom. The molecule has 1 saturated heterocycles. The third kappa shape index (κ3) is 4.15. The van der Waals surface area contributed by atoms with Crippen molar-refractivity contribution in [2.75, 3.05) is 26.2 Å². The Morgan fingerprint density at radius 3 is 2.14 bits per heavy atom. The lowest BCUT2D eigenvalue weighted by atomic mass is 10.0. The van der Waals surface area contributed by atoms with Crippen LogP contribution in [0.25, 0.3) is 0 Å². The maximum Gasteiger partial charge on any atom is 0.225 e. The van der Waals surface area contributed by atoms with Gasteiger partial charge in [-0.1, -0.05) is 43.1 Å². The summed E-state index contributed by atoms with van der Waals surface area (Å²) in [5, 5.41) is 1.42. The zero-order valence-corrected chi connectivity index (χ0v) is 14.8. The van der Waals surface area contributed by atoms with Crippen molar-refractivity contribution in [1.82, 2.24) is 9.80 Å². The number of benzene rings is 1. The summed E-state index contributed by atoms with van der Waals surface area (Å²) in [6.45, 7) is 8.23. The average molecular weight is 343 g/mol. The minimum atomic E-state index is 0.171. The van der Waals surface area contributed by atoms with Gasteiger partial charge >= 0.3 is 0 Å². The molecule has 0 N–H and O–H groups in total. The first kappa shape index (κ1) is 17.6. The number of hydrogen-bond acceptors (Lipinski definition) is 2. The van der Waals surface area contributed by atoms with Gasteiger partial charge in [-0.2, -0.15) is 0 Å². The second-order valence-corrected chi connectivity index (χ2v) is 6.63. The van der Waals surface area contributed by atoms with Crippen molar-refractivity contribution in [3.63, 3.8) is 0 Å². The van der Waals surface area contributed by atoms with E-state index in [1.54, 1.807) is 0 Å². The minimum absolute atomic E-state index is 0.171. The fraction of sp³-hybridized carbons (Fsp3) is 0.588. The maximum absolute atomic E-state index is 12.4. The average Bonchev–Trinajstić information content (AvgIpc) is 2.53. The molecule has 2 rings (SSSR count). The lowest BCUT2D eigenvalue weighted by molar-refractivity contribution is -0.137. The van der Waals surface area contributed by atoms with Crippen molar-refractivity contribution in [3.8, 4) is 0 Å². The molecule has 0 bridgehead atoms. The van der Waals surface area contributed by atoms with Gasteiger partial charge in [-0.3, -0.25) is 9.69 Å². The predicted octanol–water partition coefficient (Wildman–Crippen LogP) is 4.07. The molecule has 122 valence electrons. The Bertz CT molecular complexity index is 489. The largest absolute Gasteiger partial charge is 0.340 e. The molecule has 0 unspecified atom stereocenters. The molecule has 1 fully saturated rings. The van der Waals surface area contributed by atoms with E-state index in [1.807, 2.05) is 23.1 Å². The molecule has 0 radical (unpaired) electrons. The van der Waals surface area contributed by atoms with Crippen LogP contribution in [0.5, 0.6) is 0 Å². The summed E-state index contributed by atoms with van der Waals surface area (Å²) in [5.41, 5.74) is 0.977. The van der Waals surface area contributed by atoms with E-state index in [4.69, 9.17) is 23.2 Å². The summed E-state index contributed by atoms with van der Waals surface area (Å²) in [6.07, 6.45) is 1.84. The molecular weight excluding hydrogens is 319 g/mol. The van der Waals surface area contributed by atoms with Gasteiger partial charge < -0.3 is 4.90 Å². The Kier molecular flexibility index (Phi) is 6.54. The summed E-state index contributed by atoms with van der Waals surface area (Å²) < 4.78 is 0. The molecule has 0 aromatic heterocycles. The summed E-state index contributed by atoms with van der Waals surface area (Å²) in [7, 11) is 0. The van der Waals surface area contributed by atoms with Gasteiger partial charge in [0.1, 0.15) is 0 Å². The van der Waals surface area contributed by atoms with Gasteiger partial charge in [-0.05, 0) is 25.0 Å². The monoisotopic (exact) mass is 342 g/mol. The standard InChI is InChI=1S/C17H24Cl2N2O/c1-3-13(4-2)17(22)21-10-8-20(9-11-21)12-14-15(18)6-5-7-16(14)19/h5-7,13H,3-4,8-12H2,1-2H3. The molecule has 0 atom stereocenters. The van der Waals surface area contributed by atoms with Gasteiger partial charge in [-0.15, -0.1) is 0 Å². The van der Waals surface area contributed by atoms with Crippen LogP contribution < -0.4 is 0 Å². The van der Waals surface area contributed by atoms with Crippen molar-refractivity contribution in [2.45, 2.75) is 33.2 Å². The van der Waals surface area contributed by atoms with Crippen LogP contribution in [-0.2, 0) is 11.3 Å². The van der Waals surface area contributed by atoms with Gasteiger partial charge in [0.25, 0.3) is 0 Å². The fourth-order valence-electron chi connectivity index (χ4n) is 2.93. The minimum Gasteiger partial charge on any atom is -0.340 e. The third-order valence-electron chi connectivity index (χ3n) is 4.46. The van der Waals surface area contributed by atoms with E-state index >= 15 is 0 Å². The van der Waals surface area contributed by atoms with Crippen molar-refractivity contribution in [3.05, 3.63) is 33.8 Å². The molecular formula is C17H24Cl2N2O. The van der Waals surface area contributed by atoms with Crippen LogP contribution in [0, 0.1) is 5.92 Å². The van der Waals surface area contributed by atoms with Crippen molar-refractivity contribution in [2.24, 2.45) is 5.92 Å². The van der Waals surface area contributed by atoms with E-state index in [-0.39, 0.29) is 5.92 Å². The van der Waals surface area contributed by atoms with Gasteiger partial charge in [0.2, 0.25) is 5.91 Å². The van der Waals surface area contributed by atoms with E-state index in [0.29, 0.717) is 16.0 Å². The smallest absolute Gasteiger partial charge is 0.225 e. The number of piperazine rings is 1. The predicted molar refractivity (Wildman–Crippen MR) is 92.4 cm³/mol. The molecule has 5 heteroatoms. The molecule has 1 aliphatic heterocycles. The summed E-state index contributed by atoms with van der Waals surface area (Å²) >= 11 is 12.5. The summed E-state index contributed by atoms with van der Waals surface area (Å²) in [5.74, 6) is 0.477. The number of halogens is 2. The number of carbonyl (C=O) groups excluding carboxylic acids is 1. The van der Waals surface area contributed by atoms with Crippen molar-refractivity contribution < 1.29 is 4.79 Å². The van der Waals surface area contributed by atoms with E-state index in [1.165, 1.54) is 0 Å². The highest BCUT2D eigenvalue weighted by atomic mass is 35.5. The molecule has 1 heterocycles. The van der Waals surface area contributed by atoms with Crippen molar-refractivity contribution in [1.29, 1.82) is 0 Å². The van der Waals surface area contributed by atoms with E-state index in [9.17, 15) is 4.79 Å². The first-order chi connectivity index (χ1) is 10.6. The van der Waals surface area contributed by atoms with Crippen molar-refractivity contribution >= 4 is 29.1 Å². The van der Waals surface area contributed by atoms with E-state index in [0.717, 1.165) is 51.1 Å². The van der Waals surface area contributed by atoms with Gasteiger partial charge in [-0.25, -0.2) is 0 Å². The molecule has 1 aliphatic rings. The highest BCUT2D eigenvalue weighted by molar-refractivity contribution is 6.35. The highest BCUT2D eigenvalue weighted by Gasteiger charge is 2.25. The Morgan fingerprint density at radius 1 is 1.09 bits per heavy atom. The lowest BCUT2D eigenvalue weighted by Crippen LogP contribution is -2.49. The van der Waals surface area contributed by atoms with E-state index in [2.05, 4.69) is 18.7 Å². The number of carbonyl (C=O) groups is 1. The third-order valence-corrected chi connectivity index (χ3v) is 5.17. The Hall–Kier alpha value is -0.770.